The van der Waals surface area contributed by atoms with Gasteiger partial charge in [-0.2, -0.15) is 0 Å². The van der Waals surface area contributed by atoms with Crippen LogP contribution in [0.3, 0.4) is 0 Å². The molecule has 1 N–H and O–H groups in total. The number of benzene rings is 2. The lowest BCUT2D eigenvalue weighted by atomic mass is 9.95. The summed E-state index contributed by atoms with van der Waals surface area (Å²) in [5.41, 5.74) is 1.23. The molecule has 1 amide bonds. The molecule has 1 unspecified atom stereocenters. The lowest BCUT2D eigenvalue weighted by molar-refractivity contribution is -0.384. The molecule has 1 atom stereocenters. The molecule has 2 aromatic rings. The van der Waals surface area contributed by atoms with E-state index in [1.54, 1.807) is 6.08 Å². The van der Waals surface area contributed by atoms with Gasteiger partial charge in [0.2, 0.25) is 0 Å². The second kappa shape index (κ2) is 11.4. The van der Waals surface area contributed by atoms with Crippen molar-refractivity contribution in [3.05, 3.63) is 93.2 Å². The van der Waals surface area contributed by atoms with Gasteiger partial charge < -0.3 is 14.9 Å². The summed E-state index contributed by atoms with van der Waals surface area (Å²) < 4.78 is 0. The number of nitrogens with zero attached hydrogens (tertiary/aromatic N) is 3. The molecule has 1 aliphatic heterocycles. The average Bonchev–Trinajstić information content (AvgIpc) is 3.11. The molecule has 0 saturated heterocycles. The van der Waals surface area contributed by atoms with E-state index in [9.17, 15) is 24.8 Å². The monoisotopic (exact) mass is 463 g/mol. The van der Waals surface area contributed by atoms with E-state index in [4.69, 9.17) is 0 Å². The largest absolute Gasteiger partial charge is 0.503 e. The first-order valence-corrected chi connectivity index (χ1v) is 11.4. The highest BCUT2D eigenvalue weighted by Gasteiger charge is 2.42. The van der Waals surface area contributed by atoms with Crippen molar-refractivity contribution in [2.75, 3.05) is 26.2 Å². The highest BCUT2D eigenvalue weighted by atomic mass is 16.6. The number of allylic oxidation sites excluding steroid dienone is 1. The Balaban J connectivity index is 1.92. The summed E-state index contributed by atoms with van der Waals surface area (Å²) in [5.74, 6) is -1.67. The van der Waals surface area contributed by atoms with Crippen LogP contribution in [0.2, 0.25) is 0 Å². The standard InChI is InChI=1S/C26H29N3O5/c1-3-27(4-2)17-8-18-28-24(20-12-14-21(15-13-20)29(33)34)23(25(31)26(28)32)22(30)16-11-19-9-6-5-7-10-19/h5-7,9-16,24,31H,3-4,8,17-18H2,1-2H3/b16-11+. The smallest absolute Gasteiger partial charge is 0.290 e. The molecule has 2 aromatic carbocycles. The summed E-state index contributed by atoms with van der Waals surface area (Å²) in [7, 11) is 0. The summed E-state index contributed by atoms with van der Waals surface area (Å²) >= 11 is 0. The molecular weight excluding hydrogens is 434 g/mol. The molecule has 3 rings (SSSR count). The number of hydrogen-bond donors (Lipinski definition) is 1. The molecule has 0 saturated carbocycles. The first-order chi connectivity index (χ1) is 16.4. The molecule has 0 spiro atoms. The van der Waals surface area contributed by atoms with Gasteiger partial charge in [-0.1, -0.05) is 50.3 Å². The van der Waals surface area contributed by atoms with Crippen LogP contribution in [0, 0.1) is 10.1 Å². The van der Waals surface area contributed by atoms with Gasteiger partial charge in [0, 0.05) is 18.7 Å². The van der Waals surface area contributed by atoms with Gasteiger partial charge in [0.25, 0.3) is 11.6 Å². The molecule has 178 valence electrons. The predicted molar refractivity (Wildman–Crippen MR) is 130 cm³/mol. The number of nitro benzene ring substituents is 1. The Morgan fingerprint density at radius 3 is 2.35 bits per heavy atom. The fourth-order valence-corrected chi connectivity index (χ4v) is 4.09. The molecule has 0 aromatic heterocycles. The third-order valence-corrected chi connectivity index (χ3v) is 5.98. The van der Waals surface area contributed by atoms with Gasteiger partial charge in [-0.25, -0.2) is 0 Å². The Morgan fingerprint density at radius 1 is 1.12 bits per heavy atom. The maximum Gasteiger partial charge on any atom is 0.290 e. The minimum atomic E-state index is -0.821. The molecule has 1 aliphatic rings. The number of aliphatic hydroxyl groups is 1. The van der Waals surface area contributed by atoms with Gasteiger partial charge in [0.15, 0.2) is 11.5 Å². The maximum absolute atomic E-state index is 13.2. The van der Waals surface area contributed by atoms with Gasteiger partial charge in [-0.15, -0.1) is 0 Å². The molecule has 8 heteroatoms. The molecule has 0 bridgehead atoms. The molecule has 0 radical (unpaired) electrons. The van der Waals surface area contributed by atoms with Crippen molar-refractivity contribution >= 4 is 23.5 Å². The zero-order valence-corrected chi connectivity index (χ0v) is 19.4. The topological polar surface area (TPSA) is 104 Å². The summed E-state index contributed by atoms with van der Waals surface area (Å²) in [6.45, 7) is 6.99. The number of non-ortho nitro benzene ring substituents is 1. The number of aliphatic hydroxyl groups excluding tert-OH is 1. The second-order valence-electron chi connectivity index (χ2n) is 8.00. The summed E-state index contributed by atoms with van der Waals surface area (Å²) in [6.07, 6.45) is 3.63. The molecule has 34 heavy (non-hydrogen) atoms. The van der Waals surface area contributed by atoms with Gasteiger partial charge in [0.05, 0.1) is 16.5 Å². The molecule has 0 aliphatic carbocycles. The van der Waals surface area contributed by atoms with Crippen LogP contribution in [0.25, 0.3) is 6.08 Å². The highest BCUT2D eigenvalue weighted by molar-refractivity contribution is 6.14. The Hall–Kier alpha value is -3.78. The van der Waals surface area contributed by atoms with Crippen LogP contribution in [0.4, 0.5) is 5.69 Å². The minimum absolute atomic E-state index is 0.0196. The van der Waals surface area contributed by atoms with E-state index < -0.39 is 28.4 Å². The van der Waals surface area contributed by atoms with E-state index in [1.807, 2.05) is 30.3 Å². The van der Waals surface area contributed by atoms with E-state index in [0.717, 1.165) is 25.2 Å². The van der Waals surface area contributed by atoms with Gasteiger partial charge >= 0.3 is 0 Å². The van der Waals surface area contributed by atoms with Gasteiger partial charge in [0.1, 0.15) is 0 Å². The lowest BCUT2D eigenvalue weighted by Crippen LogP contribution is -2.34. The number of amides is 1. The fourth-order valence-electron chi connectivity index (χ4n) is 4.09. The van der Waals surface area contributed by atoms with Crippen LogP contribution in [0.15, 0.2) is 72.0 Å². The molecular formula is C26H29N3O5. The number of hydrogen-bond acceptors (Lipinski definition) is 6. The van der Waals surface area contributed by atoms with Crippen molar-refractivity contribution in [1.29, 1.82) is 0 Å². The minimum Gasteiger partial charge on any atom is -0.503 e. The number of ketones is 1. The number of carbonyl (C=O) groups is 2. The van der Waals surface area contributed by atoms with Crippen molar-refractivity contribution in [2.45, 2.75) is 26.3 Å². The van der Waals surface area contributed by atoms with E-state index in [2.05, 4.69) is 18.7 Å². The summed E-state index contributed by atoms with van der Waals surface area (Å²) in [5, 5.41) is 21.8. The number of nitro groups is 1. The van der Waals surface area contributed by atoms with Crippen molar-refractivity contribution in [1.82, 2.24) is 9.80 Å². The highest BCUT2D eigenvalue weighted by Crippen LogP contribution is 2.38. The first-order valence-electron chi connectivity index (χ1n) is 11.4. The molecule has 8 nitrogen and oxygen atoms in total. The third kappa shape index (κ3) is 5.58. The Labute approximate surface area is 199 Å². The van der Waals surface area contributed by atoms with E-state index >= 15 is 0 Å². The van der Waals surface area contributed by atoms with Crippen molar-refractivity contribution in [2.24, 2.45) is 0 Å². The van der Waals surface area contributed by atoms with Crippen LogP contribution < -0.4 is 0 Å². The summed E-state index contributed by atoms with van der Waals surface area (Å²) in [6, 6.07) is 14.1. The van der Waals surface area contributed by atoms with Crippen LogP contribution in [0.5, 0.6) is 0 Å². The molecule has 1 heterocycles. The van der Waals surface area contributed by atoms with Crippen molar-refractivity contribution in [3.63, 3.8) is 0 Å². The zero-order chi connectivity index (χ0) is 24.7. The van der Waals surface area contributed by atoms with Crippen molar-refractivity contribution < 1.29 is 19.6 Å². The normalized spacial score (nSPS) is 16.1. The third-order valence-electron chi connectivity index (χ3n) is 5.98. The fraction of sp³-hybridized carbons (Fsp3) is 0.308. The van der Waals surface area contributed by atoms with Gasteiger partial charge in [-0.3, -0.25) is 19.7 Å². The first kappa shape index (κ1) is 24.9. The predicted octanol–water partition coefficient (Wildman–Crippen LogP) is 4.30. The van der Waals surface area contributed by atoms with Gasteiger partial charge in [-0.05, 0) is 55.4 Å². The number of rotatable bonds is 11. The van der Waals surface area contributed by atoms with Crippen LogP contribution in [-0.4, -0.2) is 57.7 Å². The Kier molecular flexibility index (Phi) is 8.32. The quantitative estimate of drug-likeness (QED) is 0.303. The SMILES string of the molecule is CCN(CC)CCCN1C(=O)C(O)=C(C(=O)/C=C/c2ccccc2)C1c1ccc([N+](=O)[O-])cc1. The molecule has 0 fully saturated rings. The zero-order valence-electron chi connectivity index (χ0n) is 19.4. The van der Waals surface area contributed by atoms with Crippen LogP contribution in [-0.2, 0) is 9.59 Å². The van der Waals surface area contributed by atoms with Crippen molar-refractivity contribution in [3.8, 4) is 0 Å². The lowest BCUT2D eigenvalue weighted by Gasteiger charge is -2.27. The summed E-state index contributed by atoms with van der Waals surface area (Å²) in [4.78, 5) is 40.4. The van der Waals surface area contributed by atoms with E-state index in [-0.39, 0.29) is 11.3 Å². The number of carbonyl (C=O) groups excluding carboxylic acids is 2. The second-order valence-corrected chi connectivity index (χ2v) is 8.00. The Bertz CT molecular complexity index is 1090. The van der Waals surface area contributed by atoms with Crippen LogP contribution in [0.1, 0.15) is 37.4 Å². The Morgan fingerprint density at radius 2 is 1.76 bits per heavy atom. The maximum atomic E-state index is 13.2. The van der Waals surface area contributed by atoms with Crippen LogP contribution >= 0.6 is 0 Å². The average molecular weight is 464 g/mol. The van der Waals surface area contributed by atoms with E-state index in [1.165, 1.54) is 35.2 Å². The van der Waals surface area contributed by atoms with E-state index in [0.29, 0.717) is 18.5 Å².